The summed E-state index contributed by atoms with van der Waals surface area (Å²) < 4.78 is 1.34. The predicted molar refractivity (Wildman–Crippen MR) is 74.8 cm³/mol. The molecule has 0 unspecified atom stereocenters. The van der Waals surface area contributed by atoms with Crippen molar-refractivity contribution in [2.75, 3.05) is 17.6 Å². The highest BCUT2D eigenvalue weighted by Gasteiger charge is 2.06. The van der Waals surface area contributed by atoms with Crippen molar-refractivity contribution in [3.05, 3.63) is 29.6 Å². The van der Waals surface area contributed by atoms with Crippen molar-refractivity contribution in [3.63, 3.8) is 0 Å². The minimum absolute atomic E-state index is 0.954. The lowest BCUT2D eigenvalue weighted by Gasteiger charge is -2.13. The van der Waals surface area contributed by atoms with E-state index < -0.39 is 0 Å². The Balaban J connectivity index is 1.85. The number of amidine groups is 1. The zero-order chi connectivity index (χ0) is 10.8. The van der Waals surface area contributed by atoms with E-state index in [2.05, 4.69) is 40.0 Å². The Labute approximate surface area is 103 Å². The van der Waals surface area contributed by atoms with Crippen molar-refractivity contribution in [1.29, 1.82) is 0 Å². The van der Waals surface area contributed by atoms with Gasteiger partial charge in [0.15, 0.2) is 5.17 Å². The molecular weight excluding hydrogens is 236 g/mol. The number of benzene rings is 1. The monoisotopic (exact) mass is 248 g/mol. The van der Waals surface area contributed by atoms with E-state index in [0.29, 0.717) is 0 Å². The molecule has 3 rings (SSSR count). The van der Waals surface area contributed by atoms with Gasteiger partial charge in [-0.15, -0.1) is 11.3 Å². The molecule has 16 heavy (non-hydrogen) atoms. The molecule has 4 heteroatoms. The van der Waals surface area contributed by atoms with Crippen molar-refractivity contribution in [2.45, 2.75) is 6.42 Å². The molecule has 1 N–H and O–H groups in total. The van der Waals surface area contributed by atoms with Crippen molar-refractivity contribution in [3.8, 4) is 0 Å². The fourth-order valence-corrected chi connectivity index (χ4v) is 3.31. The molecule has 1 aromatic carbocycles. The van der Waals surface area contributed by atoms with Crippen LogP contribution in [0.15, 0.2) is 34.6 Å². The summed E-state index contributed by atoms with van der Waals surface area (Å²) in [5, 5.41) is 7.87. The van der Waals surface area contributed by atoms with Crippen molar-refractivity contribution >= 4 is 44.0 Å². The Morgan fingerprint density at radius 2 is 2.25 bits per heavy atom. The van der Waals surface area contributed by atoms with Crippen LogP contribution in [0.5, 0.6) is 0 Å². The van der Waals surface area contributed by atoms with E-state index >= 15 is 0 Å². The first-order chi connectivity index (χ1) is 7.92. The molecule has 0 aliphatic carbocycles. The van der Waals surface area contributed by atoms with Crippen LogP contribution >= 0.6 is 23.1 Å². The van der Waals surface area contributed by atoms with Crippen LogP contribution in [-0.4, -0.2) is 17.5 Å². The predicted octanol–water partition coefficient (Wildman–Crippen LogP) is 3.81. The van der Waals surface area contributed by atoms with Gasteiger partial charge in [0.1, 0.15) is 0 Å². The lowest BCUT2D eigenvalue weighted by molar-refractivity contribution is 0.938. The Bertz CT molecular complexity index is 531. The first-order valence-electron chi connectivity index (χ1n) is 5.33. The van der Waals surface area contributed by atoms with E-state index in [-0.39, 0.29) is 0 Å². The summed E-state index contributed by atoms with van der Waals surface area (Å²) in [6, 6.07) is 8.62. The van der Waals surface area contributed by atoms with Crippen LogP contribution in [0.25, 0.3) is 10.1 Å². The molecule has 0 saturated carbocycles. The minimum atomic E-state index is 0.954. The van der Waals surface area contributed by atoms with Crippen LogP contribution in [-0.2, 0) is 0 Å². The maximum absolute atomic E-state index is 4.46. The van der Waals surface area contributed by atoms with Crippen molar-refractivity contribution < 1.29 is 0 Å². The second kappa shape index (κ2) is 4.47. The number of nitrogens with one attached hydrogen (secondary N) is 1. The molecule has 1 aromatic heterocycles. The summed E-state index contributed by atoms with van der Waals surface area (Å²) >= 11 is 3.59. The lowest BCUT2D eigenvalue weighted by Crippen LogP contribution is -2.13. The fourth-order valence-electron chi connectivity index (χ4n) is 1.70. The second-order valence-electron chi connectivity index (χ2n) is 3.69. The second-order valence-corrected chi connectivity index (χ2v) is 5.72. The number of thioether (sulfide) groups is 1. The average molecular weight is 248 g/mol. The molecule has 0 fully saturated rings. The molecule has 1 aliphatic heterocycles. The Morgan fingerprint density at radius 1 is 1.25 bits per heavy atom. The number of aliphatic imine (C=N–C) groups is 1. The summed E-state index contributed by atoms with van der Waals surface area (Å²) in [6.07, 6.45) is 1.19. The minimum Gasteiger partial charge on any atom is -0.335 e. The Morgan fingerprint density at radius 3 is 3.12 bits per heavy atom. The molecule has 1 aliphatic rings. The van der Waals surface area contributed by atoms with Crippen LogP contribution in [0.4, 0.5) is 5.69 Å². The molecule has 0 spiro atoms. The third-order valence-electron chi connectivity index (χ3n) is 2.50. The fraction of sp³-hybridized carbons (Fsp3) is 0.250. The topological polar surface area (TPSA) is 24.4 Å². The molecule has 0 bridgehead atoms. The van der Waals surface area contributed by atoms with Gasteiger partial charge in [0.2, 0.25) is 0 Å². The quantitative estimate of drug-likeness (QED) is 0.830. The highest BCUT2D eigenvalue weighted by Crippen LogP contribution is 2.25. The molecule has 2 aromatic rings. The molecule has 0 amide bonds. The number of hydrogen-bond donors (Lipinski definition) is 1. The molecule has 82 valence electrons. The summed E-state index contributed by atoms with van der Waals surface area (Å²) in [6.45, 7) is 0.954. The van der Waals surface area contributed by atoms with E-state index in [4.69, 9.17) is 0 Å². The van der Waals surface area contributed by atoms with Crippen LogP contribution in [0.3, 0.4) is 0 Å². The van der Waals surface area contributed by atoms with Gasteiger partial charge >= 0.3 is 0 Å². The van der Waals surface area contributed by atoms with Gasteiger partial charge in [-0.25, -0.2) is 0 Å². The van der Waals surface area contributed by atoms with Gasteiger partial charge in [-0.3, -0.25) is 4.99 Å². The first kappa shape index (κ1) is 10.2. The van der Waals surface area contributed by atoms with Gasteiger partial charge in [0.25, 0.3) is 0 Å². The van der Waals surface area contributed by atoms with Gasteiger partial charge in [-0.05, 0) is 41.5 Å². The van der Waals surface area contributed by atoms with E-state index in [0.717, 1.165) is 17.4 Å². The normalized spacial score (nSPS) is 16.1. The Kier molecular flexibility index (Phi) is 2.84. The third-order valence-corrected chi connectivity index (χ3v) is 4.40. The van der Waals surface area contributed by atoms with Crippen molar-refractivity contribution in [2.24, 2.45) is 4.99 Å². The summed E-state index contributed by atoms with van der Waals surface area (Å²) in [5.41, 5.74) is 1.14. The van der Waals surface area contributed by atoms with Crippen LogP contribution < -0.4 is 5.32 Å². The van der Waals surface area contributed by atoms with E-state index in [9.17, 15) is 0 Å². The molecule has 2 nitrogen and oxygen atoms in total. The molecule has 2 heterocycles. The van der Waals surface area contributed by atoms with Crippen LogP contribution in [0.2, 0.25) is 0 Å². The smallest absolute Gasteiger partial charge is 0.161 e. The maximum atomic E-state index is 4.46. The summed E-state index contributed by atoms with van der Waals surface area (Å²) in [5.74, 6) is 1.17. The van der Waals surface area contributed by atoms with Gasteiger partial charge in [-0.1, -0.05) is 11.8 Å². The third kappa shape index (κ3) is 2.08. The number of anilines is 1. The van der Waals surface area contributed by atoms with E-state index in [1.165, 1.54) is 22.3 Å². The molecule has 0 saturated heterocycles. The van der Waals surface area contributed by atoms with E-state index in [1.807, 2.05) is 0 Å². The largest absolute Gasteiger partial charge is 0.335 e. The molecule has 0 atom stereocenters. The number of nitrogens with zero attached hydrogens (tertiary/aromatic N) is 1. The standard InChI is InChI=1S/C12H12N2S2/c1-5-13-12(16-6-1)14-10-2-3-11-9(8-10)4-7-15-11/h2-4,7-8H,1,5-6H2,(H,13,14). The van der Waals surface area contributed by atoms with Gasteiger partial charge < -0.3 is 5.32 Å². The van der Waals surface area contributed by atoms with E-state index in [1.54, 1.807) is 23.1 Å². The van der Waals surface area contributed by atoms with Gasteiger partial charge in [0, 0.05) is 22.7 Å². The SMILES string of the molecule is c1cc2cc(NC3=NCCCS3)ccc2s1. The van der Waals surface area contributed by atoms with Crippen LogP contribution in [0.1, 0.15) is 6.42 Å². The number of rotatable bonds is 1. The molecular formula is C12H12N2S2. The average Bonchev–Trinajstić information content (AvgIpc) is 2.77. The van der Waals surface area contributed by atoms with Crippen molar-refractivity contribution in [1.82, 2.24) is 0 Å². The highest BCUT2D eigenvalue weighted by molar-refractivity contribution is 8.14. The first-order valence-corrected chi connectivity index (χ1v) is 7.20. The number of thiophene rings is 1. The zero-order valence-corrected chi connectivity index (χ0v) is 10.4. The summed E-state index contributed by atoms with van der Waals surface area (Å²) in [7, 11) is 0. The lowest BCUT2D eigenvalue weighted by atomic mass is 10.2. The van der Waals surface area contributed by atoms with Crippen LogP contribution in [0, 0.1) is 0 Å². The Hall–Kier alpha value is -1.00. The number of fused-ring (bicyclic) bond motifs is 1. The zero-order valence-electron chi connectivity index (χ0n) is 8.77. The highest BCUT2D eigenvalue weighted by atomic mass is 32.2. The van der Waals surface area contributed by atoms with Gasteiger partial charge in [-0.2, -0.15) is 0 Å². The molecule has 0 radical (unpaired) electrons. The van der Waals surface area contributed by atoms with Gasteiger partial charge in [0.05, 0.1) is 0 Å². The summed E-state index contributed by atoms with van der Waals surface area (Å²) in [4.78, 5) is 4.46. The maximum Gasteiger partial charge on any atom is 0.161 e. The number of hydrogen-bond acceptors (Lipinski definition) is 4.